The number of hydrogen-bond donors (Lipinski definition) is 1. The van der Waals surface area contributed by atoms with Crippen LogP contribution in [-0.2, 0) is 4.79 Å². The molecule has 3 nitrogen and oxygen atoms in total. The summed E-state index contributed by atoms with van der Waals surface area (Å²) in [5, 5.41) is 0. The summed E-state index contributed by atoms with van der Waals surface area (Å²) in [5.41, 5.74) is 5.54. The number of likely N-dealkylation sites (N-methyl/N-ethyl adjacent to an activating group) is 1. The van der Waals surface area contributed by atoms with Gasteiger partial charge in [-0.15, -0.1) is 0 Å². The third-order valence-electron chi connectivity index (χ3n) is 2.31. The molecular weight excluding hydrogens is 164 g/mol. The second-order valence-electron chi connectivity index (χ2n) is 3.68. The van der Waals surface area contributed by atoms with E-state index >= 15 is 0 Å². The average molecular weight is 186 g/mol. The Morgan fingerprint density at radius 2 is 1.92 bits per heavy atom. The van der Waals surface area contributed by atoms with Gasteiger partial charge in [-0.3, -0.25) is 4.79 Å². The predicted molar refractivity (Wildman–Crippen MR) is 55.4 cm³/mol. The van der Waals surface area contributed by atoms with Gasteiger partial charge in [0.05, 0.1) is 6.04 Å². The average Bonchev–Trinajstić information content (AvgIpc) is 2.12. The number of amides is 1. The fourth-order valence-corrected chi connectivity index (χ4v) is 1.17. The second kappa shape index (κ2) is 5.97. The van der Waals surface area contributed by atoms with E-state index in [1.807, 2.05) is 11.8 Å². The maximum absolute atomic E-state index is 11.5. The van der Waals surface area contributed by atoms with Gasteiger partial charge in [-0.2, -0.15) is 0 Å². The molecule has 0 saturated heterocycles. The van der Waals surface area contributed by atoms with Gasteiger partial charge in [0, 0.05) is 13.1 Å². The van der Waals surface area contributed by atoms with Gasteiger partial charge in [-0.05, 0) is 19.8 Å². The molecule has 0 saturated carbocycles. The number of rotatable bonds is 5. The van der Waals surface area contributed by atoms with E-state index in [0.29, 0.717) is 5.92 Å². The summed E-state index contributed by atoms with van der Waals surface area (Å²) in [7, 11) is 0. The lowest BCUT2D eigenvalue weighted by atomic mass is 10.1. The predicted octanol–water partition coefficient (Wildman–Crippen LogP) is 1.23. The molecule has 0 aliphatic rings. The van der Waals surface area contributed by atoms with Crippen LogP contribution in [0.15, 0.2) is 0 Å². The highest BCUT2D eigenvalue weighted by Gasteiger charge is 2.16. The van der Waals surface area contributed by atoms with E-state index in [1.54, 1.807) is 6.92 Å². The summed E-state index contributed by atoms with van der Waals surface area (Å²) >= 11 is 0. The molecule has 0 fully saturated rings. The van der Waals surface area contributed by atoms with Gasteiger partial charge in [0.1, 0.15) is 0 Å². The first-order valence-corrected chi connectivity index (χ1v) is 5.07. The van der Waals surface area contributed by atoms with Gasteiger partial charge in [-0.25, -0.2) is 0 Å². The minimum absolute atomic E-state index is 0.0581. The maximum Gasteiger partial charge on any atom is 0.239 e. The van der Waals surface area contributed by atoms with Crippen LogP contribution < -0.4 is 5.73 Å². The van der Waals surface area contributed by atoms with Crippen LogP contribution in [0, 0.1) is 5.92 Å². The Labute approximate surface area is 81.3 Å². The van der Waals surface area contributed by atoms with Gasteiger partial charge >= 0.3 is 0 Å². The SMILES string of the molecule is CCC(C)CN(CC)C(=O)C(C)N. The Morgan fingerprint density at radius 1 is 1.38 bits per heavy atom. The third-order valence-corrected chi connectivity index (χ3v) is 2.31. The van der Waals surface area contributed by atoms with Crippen LogP contribution in [0.25, 0.3) is 0 Å². The van der Waals surface area contributed by atoms with Crippen LogP contribution in [-0.4, -0.2) is 29.9 Å². The normalized spacial score (nSPS) is 15.2. The molecule has 13 heavy (non-hydrogen) atoms. The van der Waals surface area contributed by atoms with Crippen molar-refractivity contribution in [3.63, 3.8) is 0 Å². The molecule has 0 bridgehead atoms. The van der Waals surface area contributed by atoms with Gasteiger partial charge in [-0.1, -0.05) is 20.3 Å². The summed E-state index contributed by atoms with van der Waals surface area (Å²) < 4.78 is 0. The molecule has 0 aromatic carbocycles. The van der Waals surface area contributed by atoms with Crippen molar-refractivity contribution >= 4 is 5.91 Å². The van der Waals surface area contributed by atoms with Crippen molar-refractivity contribution in [2.75, 3.05) is 13.1 Å². The molecule has 2 unspecified atom stereocenters. The topological polar surface area (TPSA) is 46.3 Å². The monoisotopic (exact) mass is 186 g/mol. The Balaban J connectivity index is 4.10. The van der Waals surface area contributed by atoms with Crippen molar-refractivity contribution in [2.45, 2.75) is 40.2 Å². The largest absolute Gasteiger partial charge is 0.341 e. The van der Waals surface area contributed by atoms with Crippen LogP contribution in [0.3, 0.4) is 0 Å². The molecule has 3 heteroatoms. The first-order valence-electron chi connectivity index (χ1n) is 5.07. The Kier molecular flexibility index (Phi) is 5.71. The van der Waals surface area contributed by atoms with Crippen molar-refractivity contribution in [3.05, 3.63) is 0 Å². The fourth-order valence-electron chi connectivity index (χ4n) is 1.17. The molecule has 0 aliphatic carbocycles. The molecule has 0 heterocycles. The van der Waals surface area contributed by atoms with E-state index in [2.05, 4.69) is 13.8 Å². The zero-order chi connectivity index (χ0) is 10.4. The third kappa shape index (κ3) is 4.27. The Bertz CT molecular complexity index is 157. The Hall–Kier alpha value is -0.570. The Morgan fingerprint density at radius 3 is 2.23 bits per heavy atom. The van der Waals surface area contributed by atoms with Gasteiger partial charge in [0.25, 0.3) is 0 Å². The highest BCUT2D eigenvalue weighted by Crippen LogP contribution is 2.05. The summed E-state index contributed by atoms with van der Waals surface area (Å²) in [6.07, 6.45) is 1.10. The van der Waals surface area contributed by atoms with Crippen LogP contribution in [0.2, 0.25) is 0 Å². The highest BCUT2D eigenvalue weighted by atomic mass is 16.2. The smallest absolute Gasteiger partial charge is 0.239 e. The highest BCUT2D eigenvalue weighted by molar-refractivity contribution is 5.81. The first-order chi connectivity index (χ1) is 6.02. The van der Waals surface area contributed by atoms with Gasteiger partial charge in [0.15, 0.2) is 0 Å². The molecule has 0 rings (SSSR count). The van der Waals surface area contributed by atoms with E-state index in [1.165, 1.54) is 0 Å². The number of nitrogens with zero attached hydrogens (tertiary/aromatic N) is 1. The summed E-state index contributed by atoms with van der Waals surface area (Å²) in [6, 6.07) is -0.371. The fraction of sp³-hybridized carbons (Fsp3) is 0.900. The van der Waals surface area contributed by atoms with E-state index in [-0.39, 0.29) is 11.9 Å². The van der Waals surface area contributed by atoms with Crippen LogP contribution in [0.4, 0.5) is 0 Å². The van der Waals surface area contributed by atoms with E-state index in [9.17, 15) is 4.79 Å². The molecule has 0 aromatic heterocycles. The molecule has 2 N–H and O–H groups in total. The van der Waals surface area contributed by atoms with E-state index < -0.39 is 0 Å². The van der Waals surface area contributed by atoms with Crippen molar-refractivity contribution < 1.29 is 4.79 Å². The molecular formula is C10H22N2O. The minimum Gasteiger partial charge on any atom is -0.341 e. The van der Waals surface area contributed by atoms with Crippen molar-refractivity contribution in [2.24, 2.45) is 11.7 Å². The van der Waals surface area contributed by atoms with E-state index in [4.69, 9.17) is 5.73 Å². The van der Waals surface area contributed by atoms with Crippen molar-refractivity contribution in [1.82, 2.24) is 4.90 Å². The van der Waals surface area contributed by atoms with Crippen LogP contribution in [0.1, 0.15) is 34.1 Å². The molecule has 2 atom stereocenters. The van der Waals surface area contributed by atoms with Crippen molar-refractivity contribution in [1.29, 1.82) is 0 Å². The summed E-state index contributed by atoms with van der Waals surface area (Å²) in [5.74, 6) is 0.616. The number of nitrogens with two attached hydrogens (primary N) is 1. The maximum atomic E-state index is 11.5. The molecule has 1 amide bonds. The molecule has 78 valence electrons. The second-order valence-corrected chi connectivity index (χ2v) is 3.68. The zero-order valence-corrected chi connectivity index (χ0v) is 9.21. The van der Waals surface area contributed by atoms with Gasteiger partial charge in [0.2, 0.25) is 5.91 Å². The lowest BCUT2D eigenvalue weighted by molar-refractivity contribution is -0.132. The molecule has 0 aromatic rings. The number of carbonyl (C=O) groups is 1. The first kappa shape index (κ1) is 12.4. The zero-order valence-electron chi connectivity index (χ0n) is 9.21. The number of hydrogen-bond acceptors (Lipinski definition) is 2. The molecule has 0 aliphatic heterocycles. The summed E-state index contributed by atoms with van der Waals surface area (Å²) in [6.45, 7) is 9.59. The standard InChI is InChI=1S/C10H22N2O/c1-5-8(3)7-12(6-2)10(13)9(4)11/h8-9H,5-7,11H2,1-4H3. The quantitative estimate of drug-likeness (QED) is 0.702. The van der Waals surface area contributed by atoms with Crippen LogP contribution in [0.5, 0.6) is 0 Å². The lowest BCUT2D eigenvalue weighted by Crippen LogP contribution is -2.43. The minimum atomic E-state index is -0.371. The van der Waals surface area contributed by atoms with Gasteiger partial charge < -0.3 is 10.6 Å². The van der Waals surface area contributed by atoms with E-state index in [0.717, 1.165) is 19.5 Å². The van der Waals surface area contributed by atoms with Crippen molar-refractivity contribution in [3.8, 4) is 0 Å². The summed E-state index contributed by atoms with van der Waals surface area (Å²) in [4.78, 5) is 13.4. The molecule has 0 spiro atoms. The number of carbonyl (C=O) groups excluding carboxylic acids is 1. The molecule has 0 radical (unpaired) electrons. The lowest BCUT2D eigenvalue weighted by Gasteiger charge is -2.25. The van der Waals surface area contributed by atoms with Crippen LogP contribution >= 0.6 is 0 Å².